The number of ether oxygens (including phenoxy) is 1. The number of carbonyl (C=O) groups is 1. The van der Waals surface area contributed by atoms with Crippen molar-refractivity contribution in [3.63, 3.8) is 0 Å². The molecular weight excluding hydrogens is 390 g/mol. The van der Waals surface area contributed by atoms with Crippen molar-refractivity contribution >= 4 is 29.4 Å². The van der Waals surface area contributed by atoms with E-state index in [1.807, 2.05) is 62.4 Å². The Kier molecular flexibility index (Phi) is 6.51. The summed E-state index contributed by atoms with van der Waals surface area (Å²) in [5.41, 5.74) is 6.57. The molecule has 8 heteroatoms. The molecule has 0 unspecified atom stereocenters. The molecule has 3 aromatic rings. The van der Waals surface area contributed by atoms with E-state index in [-0.39, 0.29) is 12.5 Å². The summed E-state index contributed by atoms with van der Waals surface area (Å²) in [5.74, 6) is 0.363. The maximum absolute atomic E-state index is 12.1. The number of aromatic nitrogens is 2. The Morgan fingerprint density at radius 2 is 1.93 bits per heavy atom. The topological polar surface area (TPSA) is 80.5 Å². The summed E-state index contributed by atoms with van der Waals surface area (Å²) in [6.07, 6.45) is 1.50. The predicted octanol–water partition coefficient (Wildman–Crippen LogP) is 3.71. The highest BCUT2D eigenvalue weighted by molar-refractivity contribution is 6.32. The van der Waals surface area contributed by atoms with Gasteiger partial charge in [-0.3, -0.25) is 4.79 Å². The number of hydrogen-bond donors (Lipinski definition) is 2. The van der Waals surface area contributed by atoms with Crippen molar-refractivity contribution in [2.75, 3.05) is 19.0 Å². The number of nitrogens with one attached hydrogen (secondary N) is 2. The molecule has 0 atom stereocenters. The Hall–Kier alpha value is -3.32. The fourth-order valence-corrected chi connectivity index (χ4v) is 3.01. The van der Waals surface area contributed by atoms with Gasteiger partial charge in [-0.05, 0) is 38.1 Å². The molecule has 150 valence electrons. The summed E-state index contributed by atoms with van der Waals surface area (Å²) < 4.78 is 6.88. The Balaban J connectivity index is 1.63. The van der Waals surface area contributed by atoms with E-state index in [9.17, 15) is 4.79 Å². The van der Waals surface area contributed by atoms with Crippen molar-refractivity contribution in [2.45, 2.75) is 13.8 Å². The molecule has 29 heavy (non-hydrogen) atoms. The highest BCUT2D eigenvalue weighted by Crippen LogP contribution is 2.23. The molecule has 1 aromatic heterocycles. The Morgan fingerprint density at radius 3 is 2.66 bits per heavy atom. The van der Waals surface area contributed by atoms with Gasteiger partial charge in [-0.1, -0.05) is 41.4 Å². The number of halogens is 1. The van der Waals surface area contributed by atoms with Crippen LogP contribution in [0.2, 0.25) is 5.15 Å². The average molecular weight is 412 g/mol. The van der Waals surface area contributed by atoms with Crippen LogP contribution in [-0.2, 0) is 4.79 Å². The number of rotatable bonds is 7. The summed E-state index contributed by atoms with van der Waals surface area (Å²) in [4.78, 5) is 12.1. The van der Waals surface area contributed by atoms with Gasteiger partial charge in [0.2, 0.25) is 0 Å². The molecule has 3 rings (SSSR count). The van der Waals surface area contributed by atoms with Crippen LogP contribution in [-0.4, -0.2) is 35.6 Å². The van der Waals surface area contributed by atoms with Gasteiger partial charge in [0.25, 0.3) is 5.91 Å². The van der Waals surface area contributed by atoms with E-state index < -0.39 is 0 Å². The van der Waals surface area contributed by atoms with Crippen LogP contribution in [0.5, 0.6) is 5.75 Å². The van der Waals surface area contributed by atoms with Crippen LogP contribution in [0.25, 0.3) is 5.69 Å². The molecule has 0 fully saturated rings. The summed E-state index contributed by atoms with van der Waals surface area (Å²) >= 11 is 6.46. The van der Waals surface area contributed by atoms with Crippen LogP contribution < -0.4 is 15.5 Å². The lowest BCUT2D eigenvalue weighted by atomic mass is 10.2. The summed E-state index contributed by atoms with van der Waals surface area (Å²) in [7, 11) is 1.58. The fraction of sp³-hybridized carbons (Fsp3) is 0.190. The van der Waals surface area contributed by atoms with E-state index in [1.54, 1.807) is 11.8 Å². The smallest absolute Gasteiger partial charge is 0.259 e. The molecule has 0 saturated heterocycles. The third-order valence-electron chi connectivity index (χ3n) is 4.26. The Bertz CT molecular complexity index is 1030. The van der Waals surface area contributed by atoms with Crippen molar-refractivity contribution in [1.82, 2.24) is 15.2 Å². The molecule has 0 aliphatic heterocycles. The molecule has 2 N–H and O–H groups in total. The number of nitrogens with zero attached hydrogens (tertiary/aromatic N) is 3. The van der Waals surface area contributed by atoms with Gasteiger partial charge in [0.15, 0.2) is 0 Å². The zero-order valence-corrected chi connectivity index (χ0v) is 17.2. The van der Waals surface area contributed by atoms with E-state index in [1.165, 1.54) is 6.21 Å². The zero-order valence-electron chi connectivity index (χ0n) is 16.4. The van der Waals surface area contributed by atoms with Crippen LogP contribution in [0.3, 0.4) is 0 Å². The Morgan fingerprint density at radius 1 is 1.21 bits per heavy atom. The fourth-order valence-electron chi connectivity index (χ4n) is 2.69. The van der Waals surface area contributed by atoms with Gasteiger partial charge >= 0.3 is 0 Å². The summed E-state index contributed by atoms with van der Waals surface area (Å²) in [6, 6.07) is 15.2. The maximum Gasteiger partial charge on any atom is 0.259 e. The monoisotopic (exact) mass is 411 g/mol. The van der Waals surface area contributed by atoms with E-state index in [4.69, 9.17) is 16.3 Å². The first-order chi connectivity index (χ1) is 14.0. The van der Waals surface area contributed by atoms with Crippen molar-refractivity contribution < 1.29 is 9.53 Å². The normalized spacial score (nSPS) is 10.9. The molecule has 0 saturated carbocycles. The number of hydrazone groups is 1. The zero-order chi connectivity index (χ0) is 20.8. The molecule has 0 aliphatic carbocycles. The number of aryl methyl sites for hydroxylation is 2. The van der Waals surface area contributed by atoms with Crippen molar-refractivity contribution in [3.8, 4) is 11.4 Å². The molecule has 0 spiro atoms. The van der Waals surface area contributed by atoms with Gasteiger partial charge < -0.3 is 10.1 Å². The molecule has 1 heterocycles. The molecule has 7 nitrogen and oxygen atoms in total. The van der Waals surface area contributed by atoms with E-state index in [0.717, 1.165) is 16.9 Å². The van der Waals surface area contributed by atoms with Crippen LogP contribution in [0.1, 0.15) is 16.8 Å². The van der Waals surface area contributed by atoms with Crippen molar-refractivity contribution in [2.24, 2.45) is 5.10 Å². The number of amides is 1. The minimum Gasteiger partial charge on any atom is -0.495 e. The predicted molar refractivity (Wildman–Crippen MR) is 115 cm³/mol. The summed E-state index contributed by atoms with van der Waals surface area (Å²) in [6.45, 7) is 3.90. The quantitative estimate of drug-likeness (QED) is 0.458. The third-order valence-corrected chi connectivity index (χ3v) is 4.62. The molecule has 0 radical (unpaired) electrons. The lowest BCUT2D eigenvalue weighted by Gasteiger charge is -2.09. The first-order valence-corrected chi connectivity index (χ1v) is 9.38. The van der Waals surface area contributed by atoms with Gasteiger partial charge in [-0.2, -0.15) is 10.2 Å². The van der Waals surface area contributed by atoms with Crippen molar-refractivity contribution in [3.05, 3.63) is 70.5 Å². The number of methoxy groups -OCH3 is 1. The highest BCUT2D eigenvalue weighted by atomic mass is 35.5. The molecule has 1 amide bonds. The minimum absolute atomic E-state index is 0.0487. The number of para-hydroxylation sites is 2. The van der Waals surface area contributed by atoms with Gasteiger partial charge in [-0.15, -0.1) is 0 Å². The Labute approximate surface area is 174 Å². The van der Waals surface area contributed by atoms with Gasteiger partial charge in [0, 0.05) is 0 Å². The SMILES string of the molecule is COc1ccccc1NCC(=O)N/N=C/c1c(C)nn(-c2ccc(C)cc2)c1Cl. The summed E-state index contributed by atoms with van der Waals surface area (Å²) in [5, 5.41) is 11.9. The van der Waals surface area contributed by atoms with Crippen LogP contribution >= 0.6 is 11.6 Å². The second-order valence-corrected chi connectivity index (χ2v) is 6.74. The first kappa shape index (κ1) is 20.4. The maximum atomic E-state index is 12.1. The minimum atomic E-state index is -0.299. The third kappa shape index (κ3) is 4.94. The first-order valence-electron chi connectivity index (χ1n) is 9.00. The van der Waals surface area contributed by atoms with E-state index >= 15 is 0 Å². The second kappa shape index (κ2) is 9.25. The van der Waals surface area contributed by atoms with E-state index in [0.29, 0.717) is 22.2 Å². The largest absolute Gasteiger partial charge is 0.495 e. The van der Waals surface area contributed by atoms with Gasteiger partial charge in [0.05, 0.1) is 42.5 Å². The van der Waals surface area contributed by atoms with Crippen LogP contribution in [0, 0.1) is 13.8 Å². The number of hydrogen-bond acceptors (Lipinski definition) is 5. The van der Waals surface area contributed by atoms with Crippen LogP contribution in [0.4, 0.5) is 5.69 Å². The van der Waals surface area contributed by atoms with Gasteiger partial charge in [-0.25, -0.2) is 10.1 Å². The number of benzene rings is 2. The molecular formula is C21H22ClN5O2. The van der Waals surface area contributed by atoms with Crippen LogP contribution in [0.15, 0.2) is 53.6 Å². The lowest BCUT2D eigenvalue weighted by molar-refractivity contribution is -0.119. The standard InChI is InChI=1S/C21H22ClN5O2/c1-14-8-10-16(11-9-14)27-21(22)17(15(2)26-27)12-24-25-20(28)13-23-18-6-4-5-7-19(18)29-3/h4-12,23H,13H2,1-3H3,(H,25,28)/b24-12+. The lowest BCUT2D eigenvalue weighted by Crippen LogP contribution is -2.26. The molecule has 0 aliphatic rings. The van der Waals surface area contributed by atoms with Gasteiger partial charge in [0.1, 0.15) is 10.9 Å². The average Bonchev–Trinajstić information content (AvgIpc) is 3.01. The van der Waals surface area contributed by atoms with E-state index in [2.05, 4.69) is 20.9 Å². The number of anilines is 1. The highest BCUT2D eigenvalue weighted by Gasteiger charge is 2.13. The molecule has 0 bridgehead atoms. The number of carbonyl (C=O) groups excluding carboxylic acids is 1. The second-order valence-electron chi connectivity index (χ2n) is 6.38. The van der Waals surface area contributed by atoms with Crippen molar-refractivity contribution in [1.29, 1.82) is 0 Å². The molecule has 2 aromatic carbocycles.